The van der Waals surface area contributed by atoms with Gasteiger partial charge in [-0.05, 0) is 44.2 Å². The molecule has 1 N–H and O–H groups in total. The lowest BCUT2D eigenvalue weighted by Gasteiger charge is -2.17. The molecule has 1 heterocycles. The fraction of sp³-hybridized carbons (Fsp3) is 0.611. The van der Waals surface area contributed by atoms with Crippen LogP contribution in [0.25, 0.3) is 0 Å². The Balaban J connectivity index is 2.01. The summed E-state index contributed by atoms with van der Waals surface area (Å²) in [6, 6.07) is 7.60. The minimum absolute atomic E-state index is 0.0438. The van der Waals surface area contributed by atoms with Gasteiger partial charge in [0.2, 0.25) is 0 Å². The zero-order valence-electron chi connectivity index (χ0n) is 14.6. The second kappa shape index (κ2) is 8.39. The average Bonchev–Trinajstić information content (AvgIpc) is 2.84. The minimum atomic E-state index is -2.90. The van der Waals surface area contributed by atoms with Gasteiger partial charge in [0.05, 0.1) is 17.1 Å². The van der Waals surface area contributed by atoms with Gasteiger partial charge < -0.3 is 5.32 Å². The molecule has 0 spiro atoms. The van der Waals surface area contributed by atoms with E-state index in [4.69, 9.17) is 0 Å². The predicted molar refractivity (Wildman–Crippen MR) is 100 cm³/mol. The smallest absolute Gasteiger partial charge is 0.252 e. The van der Waals surface area contributed by atoms with Gasteiger partial charge >= 0.3 is 0 Å². The van der Waals surface area contributed by atoms with Crippen LogP contribution in [0.3, 0.4) is 0 Å². The van der Waals surface area contributed by atoms with Crippen LogP contribution in [0.15, 0.2) is 29.2 Å². The number of sulfone groups is 1. The lowest BCUT2D eigenvalue weighted by atomic mass is 10.0. The SMILES string of the molecule is CC(C)CCC(C)NC(=O)c1ccccc1SC1CCS(=O)(=O)C1. The highest BCUT2D eigenvalue weighted by atomic mass is 32.2. The van der Waals surface area contributed by atoms with Gasteiger partial charge in [0.15, 0.2) is 9.84 Å². The molecule has 24 heavy (non-hydrogen) atoms. The van der Waals surface area contributed by atoms with E-state index in [1.807, 2.05) is 31.2 Å². The van der Waals surface area contributed by atoms with Crippen molar-refractivity contribution < 1.29 is 13.2 Å². The molecule has 1 amide bonds. The minimum Gasteiger partial charge on any atom is -0.350 e. The fourth-order valence-corrected chi connectivity index (χ4v) is 6.37. The second-order valence-corrected chi connectivity index (χ2v) is 10.6. The number of amides is 1. The molecule has 1 fully saturated rings. The molecule has 2 atom stereocenters. The maximum Gasteiger partial charge on any atom is 0.252 e. The first-order valence-corrected chi connectivity index (χ1v) is 11.2. The maximum atomic E-state index is 12.6. The average molecular weight is 370 g/mol. The standard InChI is InChI=1S/C18H27NO3S2/c1-13(2)8-9-14(3)19-18(20)16-6-4-5-7-17(16)23-15-10-11-24(21,22)12-15/h4-7,13-15H,8-12H2,1-3H3,(H,19,20). The highest BCUT2D eigenvalue weighted by Crippen LogP contribution is 2.33. The van der Waals surface area contributed by atoms with Gasteiger partial charge in [-0.15, -0.1) is 11.8 Å². The Bertz CT molecular complexity index is 671. The summed E-state index contributed by atoms with van der Waals surface area (Å²) in [6.07, 6.45) is 2.70. The van der Waals surface area contributed by atoms with Crippen LogP contribution in [-0.4, -0.2) is 37.1 Å². The van der Waals surface area contributed by atoms with E-state index in [9.17, 15) is 13.2 Å². The van der Waals surface area contributed by atoms with E-state index >= 15 is 0 Å². The summed E-state index contributed by atoms with van der Waals surface area (Å²) in [5.74, 6) is 1.01. The number of nitrogens with one attached hydrogen (secondary N) is 1. The van der Waals surface area contributed by atoms with Gasteiger partial charge in [-0.2, -0.15) is 0 Å². The number of hydrogen-bond acceptors (Lipinski definition) is 4. The monoisotopic (exact) mass is 369 g/mol. The highest BCUT2D eigenvalue weighted by Gasteiger charge is 2.29. The molecule has 134 valence electrons. The van der Waals surface area contributed by atoms with Gasteiger partial charge in [-0.3, -0.25) is 4.79 Å². The third-order valence-electron chi connectivity index (χ3n) is 4.17. The molecule has 1 aliphatic rings. The maximum absolute atomic E-state index is 12.6. The predicted octanol–water partition coefficient (Wildman–Crippen LogP) is 3.52. The second-order valence-electron chi connectivity index (χ2n) is 6.98. The molecule has 0 radical (unpaired) electrons. The lowest BCUT2D eigenvalue weighted by Crippen LogP contribution is -2.33. The quantitative estimate of drug-likeness (QED) is 0.799. The molecule has 1 aromatic carbocycles. The molecule has 2 rings (SSSR count). The van der Waals surface area contributed by atoms with Gasteiger partial charge in [-0.1, -0.05) is 26.0 Å². The lowest BCUT2D eigenvalue weighted by molar-refractivity contribution is 0.0934. The first kappa shape index (κ1) is 19.3. The third kappa shape index (κ3) is 5.81. The Morgan fingerprint density at radius 3 is 2.58 bits per heavy atom. The van der Waals surface area contributed by atoms with E-state index in [2.05, 4.69) is 19.2 Å². The molecule has 4 nitrogen and oxygen atoms in total. The topological polar surface area (TPSA) is 63.2 Å². The molecule has 1 aliphatic heterocycles. The summed E-state index contributed by atoms with van der Waals surface area (Å²) in [5, 5.41) is 3.11. The molecule has 0 saturated carbocycles. The van der Waals surface area contributed by atoms with Gasteiger partial charge in [0.25, 0.3) is 5.91 Å². The summed E-state index contributed by atoms with van der Waals surface area (Å²) < 4.78 is 23.3. The summed E-state index contributed by atoms with van der Waals surface area (Å²) in [4.78, 5) is 13.4. The van der Waals surface area contributed by atoms with Crippen LogP contribution in [-0.2, 0) is 9.84 Å². The third-order valence-corrected chi connectivity index (χ3v) is 7.50. The first-order valence-electron chi connectivity index (χ1n) is 8.54. The van der Waals surface area contributed by atoms with Crippen LogP contribution in [0.4, 0.5) is 0 Å². The summed E-state index contributed by atoms with van der Waals surface area (Å²) >= 11 is 1.51. The number of carbonyl (C=O) groups is 1. The van der Waals surface area contributed by atoms with Crippen molar-refractivity contribution in [1.29, 1.82) is 0 Å². The van der Waals surface area contributed by atoms with Crippen molar-refractivity contribution >= 4 is 27.5 Å². The van der Waals surface area contributed by atoms with Crippen molar-refractivity contribution in [2.75, 3.05) is 11.5 Å². The number of hydrogen-bond donors (Lipinski definition) is 1. The van der Waals surface area contributed by atoms with Crippen LogP contribution < -0.4 is 5.32 Å². The number of benzene rings is 1. The molecular weight excluding hydrogens is 342 g/mol. The Morgan fingerprint density at radius 2 is 1.96 bits per heavy atom. The summed E-state index contributed by atoms with van der Waals surface area (Å²) in [5.41, 5.74) is 0.642. The molecule has 0 aromatic heterocycles. The molecule has 0 bridgehead atoms. The van der Waals surface area contributed by atoms with Crippen molar-refractivity contribution in [2.45, 2.75) is 56.2 Å². The van der Waals surface area contributed by atoms with E-state index in [1.165, 1.54) is 11.8 Å². The fourth-order valence-electron chi connectivity index (χ4n) is 2.75. The van der Waals surface area contributed by atoms with E-state index in [-0.39, 0.29) is 28.7 Å². The van der Waals surface area contributed by atoms with Crippen molar-refractivity contribution in [3.05, 3.63) is 29.8 Å². The van der Waals surface area contributed by atoms with Crippen molar-refractivity contribution in [3.8, 4) is 0 Å². The molecule has 6 heteroatoms. The van der Waals surface area contributed by atoms with E-state index < -0.39 is 9.84 Å². The van der Waals surface area contributed by atoms with Crippen LogP contribution >= 0.6 is 11.8 Å². The van der Waals surface area contributed by atoms with Crippen LogP contribution in [0.5, 0.6) is 0 Å². The van der Waals surface area contributed by atoms with Gasteiger partial charge in [-0.25, -0.2) is 8.42 Å². The Morgan fingerprint density at radius 1 is 1.25 bits per heavy atom. The van der Waals surface area contributed by atoms with E-state index in [1.54, 1.807) is 0 Å². The number of rotatable bonds is 7. The summed E-state index contributed by atoms with van der Waals surface area (Å²) in [6.45, 7) is 6.38. The zero-order valence-corrected chi connectivity index (χ0v) is 16.3. The van der Waals surface area contributed by atoms with Crippen LogP contribution in [0.1, 0.15) is 50.4 Å². The zero-order chi connectivity index (χ0) is 17.7. The molecule has 1 aromatic rings. The Hall–Kier alpha value is -1.01. The Kier molecular flexibility index (Phi) is 6.75. The molecule has 0 aliphatic carbocycles. The highest BCUT2D eigenvalue weighted by molar-refractivity contribution is 8.02. The normalized spacial score (nSPS) is 20.9. The first-order chi connectivity index (χ1) is 11.3. The van der Waals surface area contributed by atoms with E-state index in [0.717, 1.165) is 17.7 Å². The van der Waals surface area contributed by atoms with Crippen molar-refractivity contribution in [3.63, 3.8) is 0 Å². The summed E-state index contributed by atoms with van der Waals surface area (Å²) in [7, 11) is -2.90. The van der Waals surface area contributed by atoms with Crippen molar-refractivity contribution in [1.82, 2.24) is 5.32 Å². The van der Waals surface area contributed by atoms with Crippen LogP contribution in [0.2, 0.25) is 0 Å². The van der Waals surface area contributed by atoms with Gasteiger partial charge in [0.1, 0.15) is 0 Å². The molecule has 2 unspecified atom stereocenters. The van der Waals surface area contributed by atoms with Crippen molar-refractivity contribution in [2.24, 2.45) is 5.92 Å². The largest absolute Gasteiger partial charge is 0.350 e. The van der Waals surface area contributed by atoms with Gasteiger partial charge in [0, 0.05) is 16.2 Å². The van der Waals surface area contributed by atoms with Crippen LogP contribution in [0, 0.1) is 5.92 Å². The van der Waals surface area contributed by atoms with E-state index in [0.29, 0.717) is 17.9 Å². The number of carbonyl (C=O) groups excluding carboxylic acids is 1. The molecule has 1 saturated heterocycles. The molecular formula is C18H27NO3S2. The number of thioether (sulfide) groups is 1. The Labute approximate surface area is 149 Å².